The third kappa shape index (κ3) is 13.1. The van der Waals surface area contributed by atoms with Crippen molar-refractivity contribution in [1.82, 2.24) is 0 Å². The number of esters is 4. The molecule has 6 aromatic carbocycles. The van der Waals surface area contributed by atoms with E-state index in [0.717, 1.165) is 50.1 Å². The van der Waals surface area contributed by atoms with E-state index in [4.69, 9.17) is 52.1 Å². The van der Waals surface area contributed by atoms with Gasteiger partial charge in [0.25, 0.3) is 0 Å². The molecule has 0 aliphatic carbocycles. The van der Waals surface area contributed by atoms with E-state index in [1.165, 1.54) is 0 Å². The molecule has 71 heavy (non-hydrogen) atoms. The van der Waals surface area contributed by atoms with Gasteiger partial charge in [-0.3, -0.25) is 14.4 Å². The van der Waals surface area contributed by atoms with Crippen molar-refractivity contribution in [2.24, 2.45) is 0 Å². The van der Waals surface area contributed by atoms with Gasteiger partial charge >= 0.3 is 23.9 Å². The van der Waals surface area contributed by atoms with E-state index < -0.39 is 66.8 Å². The summed E-state index contributed by atoms with van der Waals surface area (Å²) in [6, 6.07) is 47.9. The van der Waals surface area contributed by atoms with Gasteiger partial charge < -0.3 is 52.1 Å². The molecule has 8 rings (SSSR count). The molecule has 2 aliphatic heterocycles. The van der Waals surface area contributed by atoms with Crippen LogP contribution in [-0.2, 0) is 80.4 Å². The zero-order chi connectivity index (χ0) is 49.7. The molecule has 1 saturated heterocycles. The summed E-state index contributed by atoms with van der Waals surface area (Å²) < 4.78 is 67.8. The summed E-state index contributed by atoms with van der Waals surface area (Å²) >= 11 is 0. The molecule has 0 saturated carbocycles. The van der Waals surface area contributed by atoms with Gasteiger partial charge in [-0.2, -0.15) is 0 Å². The van der Waals surface area contributed by atoms with Crippen LogP contribution in [0, 0.1) is 0 Å². The first-order valence-electron chi connectivity index (χ1n) is 23.1. The Balaban J connectivity index is 1.21. The molecule has 7 atom stereocenters. The molecule has 0 aromatic heterocycles. The smallest absolute Gasteiger partial charge is 0.339 e. The van der Waals surface area contributed by atoms with Gasteiger partial charge in [0.2, 0.25) is 12.4 Å². The third-order valence-electron chi connectivity index (χ3n) is 11.5. The SMILES string of the molecule is COC(=O)[C@H]1O[C@@H](Oc2cc(OCc3ccccc3)cc3c2C[C@@H](OCc2ccccc2)[C@@H](c2ccc(OCc4ccccc4)c(OCc4ccccc4)c2)O3)[C@H](OC(C)=O)[C@@H](OC(C)=O)[C@@H]1OC(C)=O. The number of benzene rings is 6. The summed E-state index contributed by atoms with van der Waals surface area (Å²) in [5.74, 6) is -1.63. The Kier molecular flexibility index (Phi) is 16.5. The number of rotatable bonds is 19. The molecular weight excluding hydrogens is 913 g/mol. The predicted molar refractivity (Wildman–Crippen MR) is 255 cm³/mol. The van der Waals surface area contributed by atoms with E-state index in [0.29, 0.717) is 40.7 Å². The maximum Gasteiger partial charge on any atom is 0.339 e. The van der Waals surface area contributed by atoms with Gasteiger partial charge in [-0.1, -0.05) is 127 Å². The Labute approximate surface area is 411 Å². The standard InChI is InChI=1S/C56H54O15/c1-35(57)66-51-52(67-36(2)58)54(68-37(3)59)56(71-53(51)55(60)61-4)70-47-29-43(62-31-38-17-9-5-10-18-38)28-46-44(47)30-49(65-34-41-23-15-8-16-24-41)50(69-46)42-25-26-45(63-32-39-19-11-6-12-20-39)48(27-42)64-33-40-21-13-7-14-22-40/h5-29,49-54,56H,30-34H2,1-4H3/t49-,50-,51+,52+,53+,54-,56-/m1/s1. The van der Waals surface area contributed by atoms with Crippen LogP contribution in [0.4, 0.5) is 0 Å². The fraction of sp³-hybridized carbons (Fsp3) is 0.286. The summed E-state index contributed by atoms with van der Waals surface area (Å²) in [6.07, 6.45) is -9.36. The predicted octanol–water partition coefficient (Wildman–Crippen LogP) is 8.76. The first kappa shape index (κ1) is 49.5. The number of ether oxygens (including phenoxy) is 11. The quantitative estimate of drug-likeness (QED) is 0.0557. The van der Waals surface area contributed by atoms with Crippen LogP contribution >= 0.6 is 0 Å². The molecule has 368 valence electrons. The van der Waals surface area contributed by atoms with E-state index in [1.54, 1.807) is 12.1 Å². The number of hydrogen-bond acceptors (Lipinski definition) is 15. The van der Waals surface area contributed by atoms with E-state index in [-0.39, 0.29) is 32.0 Å². The minimum atomic E-state index is -1.70. The van der Waals surface area contributed by atoms with Crippen molar-refractivity contribution in [1.29, 1.82) is 0 Å². The number of hydrogen-bond donors (Lipinski definition) is 0. The normalized spacial score (nSPS) is 20.2. The zero-order valence-corrected chi connectivity index (χ0v) is 39.6. The molecule has 0 unspecified atom stereocenters. The zero-order valence-electron chi connectivity index (χ0n) is 39.6. The summed E-state index contributed by atoms with van der Waals surface area (Å²) in [4.78, 5) is 51.2. The molecule has 0 spiro atoms. The van der Waals surface area contributed by atoms with Crippen LogP contribution in [0.5, 0.6) is 28.7 Å². The lowest BCUT2D eigenvalue weighted by Crippen LogP contribution is -2.64. The third-order valence-corrected chi connectivity index (χ3v) is 11.5. The van der Waals surface area contributed by atoms with Crippen LogP contribution in [-0.4, -0.2) is 67.8 Å². The van der Waals surface area contributed by atoms with Crippen LogP contribution in [0.25, 0.3) is 0 Å². The Morgan fingerprint density at radius 3 is 1.59 bits per heavy atom. The first-order chi connectivity index (χ1) is 34.5. The molecule has 15 nitrogen and oxygen atoms in total. The molecule has 15 heteroatoms. The van der Waals surface area contributed by atoms with Gasteiger partial charge in [0.1, 0.15) is 43.2 Å². The van der Waals surface area contributed by atoms with E-state index in [2.05, 4.69) is 0 Å². The molecule has 0 amide bonds. The highest BCUT2D eigenvalue weighted by molar-refractivity contribution is 5.77. The minimum Gasteiger partial charge on any atom is -0.489 e. The van der Waals surface area contributed by atoms with Crippen molar-refractivity contribution < 1.29 is 71.3 Å². The van der Waals surface area contributed by atoms with Gasteiger partial charge in [0.05, 0.1) is 13.7 Å². The Hall–Kier alpha value is -7.88. The lowest BCUT2D eigenvalue weighted by molar-refractivity contribution is -0.282. The molecule has 2 heterocycles. The Bertz CT molecular complexity index is 2730. The van der Waals surface area contributed by atoms with Crippen molar-refractivity contribution in [3.63, 3.8) is 0 Å². The lowest BCUT2D eigenvalue weighted by atomic mass is 9.93. The van der Waals surface area contributed by atoms with Gasteiger partial charge in [-0.05, 0) is 39.9 Å². The second-order valence-electron chi connectivity index (χ2n) is 16.8. The molecule has 0 bridgehead atoms. The minimum absolute atomic E-state index is 0.132. The van der Waals surface area contributed by atoms with Crippen LogP contribution in [0.1, 0.15) is 60.3 Å². The van der Waals surface area contributed by atoms with Crippen LogP contribution in [0.3, 0.4) is 0 Å². The molecule has 6 aromatic rings. The number of carbonyl (C=O) groups excluding carboxylic acids is 4. The highest BCUT2D eigenvalue weighted by Crippen LogP contribution is 2.46. The average molecular weight is 967 g/mol. The molecule has 2 aliphatic rings. The van der Waals surface area contributed by atoms with Gasteiger partial charge in [0, 0.05) is 44.9 Å². The lowest BCUT2D eigenvalue weighted by Gasteiger charge is -2.43. The Morgan fingerprint density at radius 2 is 1.04 bits per heavy atom. The van der Waals surface area contributed by atoms with Crippen molar-refractivity contribution in [2.75, 3.05) is 7.11 Å². The second kappa shape index (κ2) is 23.6. The summed E-state index contributed by atoms with van der Waals surface area (Å²) in [7, 11) is 1.11. The highest BCUT2D eigenvalue weighted by atomic mass is 16.7. The monoisotopic (exact) mass is 966 g/mol. The maximum atomic E-state index is 13.4. The number of carbonyl (C=O) groups is 4. The van der Waals surface area contributed by atoms with E-state index in [9.17, 15) is 19.2 Å². The number of fused-ring (bicyclic) bond motifs is 1. The molecular formula is C56H54O15. The largest absolute Gasteiger partial charge is 0.489 e. The van der Waals surface area contributed by atoms with E-state index in [1.807, 2.05) is 140 Å². The fourth-order valence-corrected chi connectivity index (χ4v) is 8.26. The van der Waals surface area contributed by atoms with E-state index >= 15 is 0 Å². The summed E-state index contributed by atoms with van der Waals surface area (Å²) in [6.45, 7) is 4.31. The first-order valence-corrected chi connectivity index (χ1v) is 23.1. The summed E-state index contributed by atoms with van der Waals surface area (Å²) in [5.41, 5.74) is 4.97. The highest BCUT2D eigenvalue weighted by Gasteiger charge is 2.56. The van der Waals surface area contributed by atoms with Gasteiger partial charge in [0.15, 0.2) is 35.9 Å². The maximum absolute atomic E-state index is 13.4. The molecule has 0 N–H and O–H groups in total. The van der Waals surface area contributed by atoms with Gasteiger partial charge in [-0.25, -0.2) is 4.79 Å². The van der Waals surface area contributed by atoms with Crippen molar-refractivity contribution in [3.8, 4) is 28.7 Å². The average Bonchev–Trinajstić information content (AvgIpc) is 3.38. The number of methoxy groups -OCH3 is 1. The van der Waals surface area contributed by atoms with Crippen LogP contribution < -0.4 is 23.7 Å². The fourth-order valence-electron chi connectivity index (χ4n) is 8.26. The molecule has 0 radical (unpaired) electrons. The van der Waals surface area contributed by atoms with Crippen LogP contribution in [0.2, 0.25) is 0 Å². The topological polar surface area (TPSA) is 170 Å². The van der Waals surface area contributed by atoms with Crippen LogP contribution in [0.15, 0.2) is 152 Å². The Morgan fingerprint density at radius 1 is 0.535 bits per heavy atom. The van der Waals surface area contributed by atoms with Gasteiger partial charge in [-0.15, -0.1) is 0 Å². The van der Waals surface area contributed by atoms with Crippen molar-refractivity contribution in [2.45, 2.75) is 96.5 Å². The van der Waals surface area contributed by atoms with Crippen molar-refractivity contribution in [3.05, 3.63) is 185 Å². The second-order valence-corrected chi connectivity index (χ2v) is 16.8. The summed E-state index contributed by atoms with van der Waals surface area (Å²) in [5, 5.41) is 0. The molecule has 1 fully saturated rings. The van der Waals surface area contributed by atoms with Crippen molar-refractivity contribution >= 4 is 23.9 Å².